The summed E-state index contributed by atoms with van der Waals surface area (Å²) in [6.07, 6.45) is 1.64. The zero-order chi connectivity index (χ0) is 21.4. The van der Waals surface area contributed by atoms with Crippen molar-refractivity contribution in [3.63, 3.8) is 0 Å². The standard InChI is InChI=1S/C22H17BrN6OS/c1-13-18(21(30)26-17-6-2-3-11-24-17)19(14-7-9-15(23)10-8-14)29-22(25-13)27-20(28-29)16-5-4-12-31-16/h2-12,19H,1H3,(H,24,26,30)(H,25,27,28). The lowest BCUT2D eigenvalue weighted by Gasteiger charge is -2.28. The van der Waals surface area contributed by atoms with Gasteiger partial charge in [0, 0.05) is 16.4 Å². The van der Waals surface area contributed by atoms with Crippen LogP contribution in [0.4, 0.5) is 11.8 Å². The number of benzene rings is 1. The lowest BCUT2D eigenvalue weighted by molar-refractivity contribution is -0.113. The number of halogens is 1. The summed E-state index contributed by atoms with van der Waals surface area (Å²) < 4.78 is 2.74. The number of hydrogen-bond acceptors (Lipinski definition) is 6. The van der Waals surface area contributed by atoms with E-state index in [0.717, 1.165) is 20.6 Å². The monoisotopic (exact) mass is 492 g/mol. The molecular formula is C22H17BrN6OS. The maximum atomic E-state index is 13.4. The second kappa shape index (κ2) is 8.09. The van der Waals surface area contributed by atoms with E-state index in [4.69, 9.17) is 5.10 Å². The predicted octanol–water partition coefficient (Wildman–Crippen LogP) is 5.09. The van der Waals surface area contributed by atoms with Crippen LogP contribution in [0.5, 0.6) is 0 Å². The number of carbonyl (C=O) groups excluding carboxylic acids is 1. The van der Waals surface area contributed by atoms with Crippen molar-refractivity contribution in [1.82, 2.24) is 19.7 Å². The van der Waals surface area contributed by atoms with Gasteiger partial charge in [-0.1, -0.05) is 40.2 Å². The van der Waals surface area contributed by atoms with Gasteiger partial charge in [-0.3, -0.25) is 4.79 Å². The molecule has 0 radical (unpaired) electrons. The Hall–Kier alpha value is -3.30. The minimum absolute atomic E-state index is 0.240. The molecule has 1 amide bonds. The van der Waals surface area contributed by atoms with Gasteiger partial charge in [0.1, 0.15) is 11.9 Å². The molecule has 0 bridgehead atoms. The van der Waals surface area contributed by atoms with E-state index in [-0.39, 0.29) is 5.91 Å². The molecule has 0 saturated carbocycles. The summed E-state index contributed by atoms with van der Waals surface area (Å²) >= 11 is 5.06. The molecule has 0 saturated heterocycles. The number of nitrogens with zero attached hydrogens (tertiary/aromatic N) is 4. The van der Waals surface area contributed by atoms with Crippen molar-refractivity contribution in [3.8, 4) is 10.7 Å². The van der Waals surface area contributed by atoms with Crippen LogP contribution in [0.1, 0.15) is 18.5 Å². The van der Waals surface area contributed by atoms with Crippen molar-refractivity contribution in [3.05, 3.63) is 87.5 Å². The first-order valence-corrected chi connectivity index (χ1v) is 11.2. The molecular weight excluding hydrogens is 476 g/mol. The molecule has 31 heavy (non-hydrogen) atoms. The van der Waals surface area contributed by atoms with Gasteiger partial charge < -0.3 is 10.6 Å². The fraction of sp³-hybridized carbons (Fsp3) is 0.0909. The fourth-order valence-electron chi connectivity index (χ4n) is 3.53. The molecule has 0 spiro atoms. The summed E-state index contributed by atoms with van der Waals surface area (Å²) in [5.74, 6) is 1.48. The first-order valence-electron chi connectivity index (χ1n) is 9.56. The number of fused-ring (bicyclic) bond motifs is 1. The number of amides is 1. The first-order chi connectivity index (χ1) is 15.1. The van der Waals surface area contributed by atoms with Crippen molar-refractivity contribution in [2.45, 2.75) is 13.0 Å². The molecule has 2 N–H and O–H groups in total. The van der Waals surface area contributed by atoms with Gasteiger partial charge in [-0.25, -0.2) is 9.67 Å². The number of rotatable bonds is 4. The molecule has 1 atom stereocenters. The third-order valence-corrected chi connectivity index (χ3v) is 6.33. The maximum Gasteiger partial charge on any atom is 0.257 e. The number of thiophene rings is 1. The van der Waals surface area contributed by atoms with Gasteiger partial charge in [0.05, 0.1) is 10.5 Å². The Morgan fingerprint density at radius 3 is 2.71 bits per heavy atom. The summed E-state index contributed by atoms with van der Waals surface area (Å²) in [6.45, 7) is 1.88. The second-order valence-corrected chi connectivity index (χ2v) is 8.83. The van der Waals surface area contributed by atoms with Crippen LogP contribution in [0.3, 0.4) is 0 Å². The molecule has 5 rings (SSSR count). The fourth-order valence-corrected chi connectivity index (χ4v) is 4.45. The van der Waals surface area contributed by atoms with Crippen molar-refractivity contribution in [2.75, 3.05) is 10.6 Å². The zero-order valence-electron chi connectivity index (χ0n) is 16.4. The normalized spacial score (nSPS) is 15.4. The van der Waals surface area contributed by atoms with Crippen LogP contribution in [0.25, 0.3) is 10.7 Å². The highest BCUT2D eigenvalue weighted by atomic mass is 79.9. The van der Waals surface area contributed by atoms with Gasteiger partial charge in [-0.05, 0) is 48.2 Å². The largest absolute Gasteiger partial charge is 0.328 e. The van der Waals surface area contributed by atoms with E-state index in [1.165, 1.54) is 0 Å². The van der Waals surface area contributed by atoms with Gasteiger partial charge in [-0.15, -0.1) is 16.4 Å². The summed E-state index contributed by atoms with van der Waals surface area (Å²) in [5, 5.41) is 12.9. The summed E-state index contributed by atoms with van der Waals surface area (Å²) in [7, 11) is 0. The van der Waals surface area contributed by atoms with E-state index in [0.29, 0.717) is 23.2 Å². The van der Waals surface area contributed by atoms with Gasteiger partial charge >= 0.3 is 0 Å². The molecule has 1 aliphatic heterocycles. The highest BCUT2D eigenvalue weighted by Gasteiger charge is 2.34. The van der Waals surface area contributed by atoms with Gasteiger partial charge in [0.15, 0.2) is 5.82 Å². The van der Waals surface area contributed by atoms with E-state index < -0.39 is 6.04 Å². The molecule has 0 fully saturated rings. The average Bonchev–Trinajstić information content (AvgIpc) is 3.44. The number of carbonyl (C=O) groups is 1. The van der Waals surface area contributed by atoms with Crippen LogP contribution in [0.2, 0.25) is 0 Å². The van der Waals surface area contributed by atoms with Crippen molar-refractivity contribution in [2.24, 2.45) is 0 Å². The van der Waals surface area contributed by atoms with Crippen LogP contribution in [0, 0.1) is 0 Å². The number of nitrogens with one attached hydrogen (secondary N) is 2. The van der Waals surface area contributed by atoms with Crippen LogP contribution in [-0.4, -0.2) is 25.7 Å². The molecule has 3 aromatic heterocycles. The lowest BCUT2D eigenvalue weighted by atomic mass is 9.95. The minimum atomic E-state index is -0.436. The number of anilines is 2. The van der Waals surface area contributed by atoms with Crippen molar-refractivity contribution >= 4 is 44.9 Å². The third kappa shape index (κ3) is 3.77. The minimum Gasteiger partial charge on any atom is -0.328 e. The third-order valence-electron chi connectivity index (χ3n) is 4.93. The maximum absolute atomic E-state index is 13.4. The first kappa shape index (κ1) is 19.7. The summed E-state index contributed by atoms with van der Waals surface area (Å²) in [6, 6.07) is 16.8. The smallest absolute Gasteiger partial charge is 0.257 e. The number of aromatic nitrogens is 4. The van der Waals surface area contributed by atoms with Crippen LogP contribution >= 0.6 is 27.3 Å². The second-order valence-electron chi connectivity index (χ2n) is 6.97. The van der Waals surface area contributed by atoms with Crippen LogP contribution < -0.4 is 10.6 Å². The molecule has 1 aromatic carbocycles. The van der Waals surface area contributed by atoms with Crippen molar-refractivity contribution < 1.29 is 4.79 Å². The zero-order valence-corrected chi connectivity index (χ0v) is 18.8. The van der Waals surface area contributed by atoms with E-state index in [2.05, 4.69) is 36.5 Å². The van der Waals surface area contributed by atoms with Gasteiger partial charge in [-0.2, -0.15) is 4.98 Å². The summed E-state index contributed by atoms with van der Waals surface area (Å²) in [4.78, 5) is 23.2. The van der Waals surface area contributed by atoms with Crippen LogP contribution in [-0.2, 0) is 4.79 Å². The number of pyridine rings is 1. The average molecular weight is 493 g/mol. The van der Waals surface area contributed by atoms with E-state index in [1.807, 2.05) is 54.8 Å². The van der Waals surface area contributed by atoms with E-state index in [9.17, 15) is 4.79 Å². The van der Waals surface area contributed by atoms with Gasteiger partial charge in [0.2, 0.25) is 5.95 Å². The van der Waals surface area contributed by atoms with E-state index in [1.54, 1.807) is 34.3 Å². The Bertz CT molecular complexity index is 1270. The Balaban J connectivity index is 1.60. The highest BCUT2D eigenvalue weighted by Crippen LogP contribution is 2.37. The molecule has 154 valence electrons. The molecule has 1 aliphatic rings. The Morgan fingerprint density at radius 1 is 1.16 bits per heavy atom. The van der Waals surface area contributed by atoms with Crippen LogP contribution in [0.15, 0.2) is 81.9 Å². The molecule has 7 nitrogen and oxygen atoms in total. The predicted molar refractivity (Wildman–Crippen MR) is 125 cm³/mol. The molecule has 9 heteroatoms. The lowest BCUT2D eigenvalue weighted by Crippen LogP contribution is -2.31. The number of allylic oxidation sites excluding steroid dienone is 1. The molecule has 0 aliphatic carbocycles. The summed E-state index contributed by atoms with van der Waals surface area (Å²) in [5.41, 5.74) is 2.21. The molecule has 1 unspecified atom stereocenters. The molecule has 4 heterocycles. The Kier molecular flexibility index (Phi) is 5.13. The van der Waals surface area contributed by atoms with Gasteiger partial charge in [0.25, 0.3) is 5.91 Å². The number of hydrogen-bond donors (Lipinski definition) is 2. The quantitative estimate of drug-likeness (QED) is 0.414. The Morgan fingerprint density at radius 2 is 2.00 bits per heavy atom. The highest BCUT2D eigenvalue weighted by molar-refractivity contribution is 9.10. The topological polar surface area (TPSA) is 84.7 Å². The van der Waals surface area contributed by atoms with E-state index >= 15 is 0 Å². The Labute approximate surface area is 191 Å². The SMILES string of the molecule is CC1=C(C(=O)Nc2ccccn2)C(c2ccc(Br)cc2)n2nc(-c3cccs3)nc2N1. The molecule has 4 aromatic rings. The van der Waals surface area contributed by atoms with Crippen molar-refractivity contribution in [1.29, 1.82) is 0 Å².